The molecule has 0 amide bonds. The number of alkyl halides is 4. The van der Waals surface area contributed by atoms with Crippen molar-refractivity contribution >= 4 is 0 Å². The third kappa shape index (κ3) is 0.414. The first kappa shape index (κ1) is 5.42. The molecular weight excluding hydrogens is 124 g/mol. The molecule has 0 aromatic heterocycles. The molecule has 0 spiro atoms. The lowest BCUT2D eigenvalue weighted by molar-refractivity contribution is -0.148. The Morgan fingerprint density at radius 2 is 1.00 bits per heavy atom. The van der Waals surface area contributed by atoms with Crippen molar-refractivity contribution in [2.24, 2.45) is 0 Å². The largest absolute Gasteiger partial charge is 0.382 e. The molecule has 8 heavy (non-hydrogen) atoms. The van der Waals surface area contributed by atoms with Crippen LogP contribution in [0.5, 0.6) is 0 Å². The first-order valence-corrected chi connectivity index (χ1v) is 1.76. The molecule has 4 heteroatoms. The lowest BCUT2D eigenvalue weighted by Crippen LogP contribution is -2.44. The summed E-state index contributed by atoms with van der Waals surface area (Å²) in [5.74, 6) is -6.07. The van der Waals surface area contributed by atoms with Crippen LogP contribution >= 0.6 is 0 Å². The zero-order valence-corrected chi connectivity index (χ0v) is 3.51. The molecule has 44 valence electrons. The van der Waals surface area contributed by atoms with Crippen molar-refractivity contribution in [1.82, 2.24) is 0 Å². The van der Waals surface area contributed by atoms with Gasteiger partial charge in [0.1, 0.15) is 0 Å². The summed E-state index contributed by atoms with van der Waals surface area (Å²) in [6.45, 7) is 0. The molecule has 0 fully saturated rings. The van der Waals surface area contributed by atoms with Crippen molar-refractivity contribution in [3.05, 3.63) is 0 Å². The number of hydrogen-bond donors (Lipinski definition) is 0. The smallest absolute Gasteiger partial charge is 0.184 e. The van der Waals surface area contributed by atoms with Crippen LogP contribution < -0.4 is 0 Å². The standard InChI is InChI=1S/C4F4/c5-3(6)1-2-4(3,7)8. The molecule has 0 saturated heterocycles. The number of hydrogen-bond acceptors (Lipinski definition) is 0. The number of halogens is 4. The van der Waals surface area contributed by atoms with Gasteiger partial charge in [0.05, 0.1) is 0 Å². The molecule has 0 saturated carbocycles. The van der Waals surface area contributed by atoms with Gasteiger partial charge in [0.2, 0.25) is 0 Å². The van der Waals surface area contributed by atoms with E-state index in [1.807, 2.05) is 0 Å². The predicted molar refractivity (Wildman–Crippen MR) is 17.7 cm³/mol. The molecule has 0 nitrogen and oxygen atoms in total. The third-order valence-corrected chi connectivity index (χ3v) is 0.771. The lowest BCUT2D eigenvalue weighted by Gasteiger charge is -2.22. The normalized spacial score (nSPS) is 27.5. The van der Waals surface area contributed by atoms with Crippen LogP contribution in [0.2, 0.25) is 0 Å². The highest BCUT2D eigenvalue weighted by molar-refractivity contribution is 5.35. The molecule has 0 atom stereocenters. The van der Waals surface area contributed by atoms with Gasteiger partial charge in [-0.1, -0.05) is 0 Å². The van der Waals surface area contributed by atoms with Gasteiger partial charge in [-0.25, -0.2) is 0 Å². The molecular formula is C4F4. The van der Waals surface area contributed by atoms with E-state index in [2.05, 4.69) is 0 Å². The maximum atomic E-state index is 11.4. The Bertz CT molecular complexity index is 152. The van der Waals surface area contributed by atoms with E-state index < -0.39 is 11.8 Å². The minimum Gasteiger partial charge on any atom is -0.184 e. The van der Waals surface area contributed by atoms with Gasteiger partial charge in [0.25, 0.3) is 0 Å². The Labute approximate surface area is 42.5 Å². The van der Waals surface area contributed by atoms with E-state index in [1.54, 1.807) is 0 Å². The summed E-state index contributed by atoms with van der Waals surface area (Å²) in [7, 11) is 0. The van der Waals surface area contributed by atoms with Crippen molar-refractivity contribution in [1.29, 1.82) is 0 Å². The summed E-state index contributed by atoms with van der Waals surface area (Å²) in [4.78, 5) is 0. The van der Waals surface area contributed by atoms with E-state index in [9.17, 15) is 17.6 Å². The van der Waals surface area contributed by atoms with Gasteiger partial charge in [-0.15, -0.1) is 0 Å². The van der Waals surface area contributed by atoms with Crippen LogP contribution in [0.25, 0.3) is 0 Å². The molecule has 1 aliphatic rings. The van der Waals surface area contributed by atoms with Crippen LogP contribution in [0.4, 0.5) is 17.6 Å². The molecule has 0 N–H and O–H groups in total. The fraction of sp³-hybridized carbons (Fsp3) is 0.500. The van der Waals surface area contributed by atoms with Crippen molar-refractivity contribution in [3.63, 3.8) is 0 Å². The second-order valence-electron chi connectivity index (χ2n) is 1.40. The van der Waals surface area contributed by atoms with Crippen molar-refractivity contribution in [2.45, 2.75) is 11.8 Å². The van der Waals surface area contributed by atoms with Crippen LogP contribution in [-0.4, -0.2) is 11.8 Å². The Morgan fingerprint density at radius 1 is 0.750 bits per heavy atom. The Balaban J connectivity index is 2.90. The summed E-state index contributed by atoms with van der Waals surface area (Å²) < 4.78 is 45.6. The van der Waals surface area contributed by atoms with E-state index in [1.165, 1.54) is 0 Å². The monoisotopic (exact) mass is 124 g/mol. The fourth-order valence-electron chi connectivity index (χ4n) is 0.251. The van der Waals surface area contributed by atoms with Crippen LogP contribution in [0, 0.1) is 11.8 Å². The zero-order valence-electron chi connectivity index (χ0n) is 3.51. The highest BCUT2D eigenvalue weighted by atomic mass is 19.3. The molecule has 0 heterocycles. The summed E-state index contributed by atoms with van der Waals surface area (Å²) in [6, 6.07) is 0. The zero-order chi connectivity index (χ0) is 6.41. The summed E-state index contributed by atoms with van der Waals surface area (Å²) in [5, 5.41) is 0. The highest BCUT2D eigenvalue weighted by Crippen LogP contribution is 2.38. The van der Waals surface area contributed by atoms with Crippen LogP contribution in [-0.2, 0) is 0 Å². The van der Waals surface area contributed by atoms with Crippen LogP contribution in [0.1, 0.15) is 0 Å². The van der Waals surface area contributed by atoms with Gasteiger partial charge >= 0.3 is 11.8 Å². The fourth-order valence-corrected chi connectivity index (χ4v) is 0.251. The first-order valence-electron chi connectivity index (χ1n) is 1.76. The maximum absolute atomic E-state index is 11.4. The first-order chi connectivity index (χ1) is 3.46. The van der Waals surface area contributed by atoms with E-state index in [4.69, 9.17) is 0 Å². The molecule has 0 bridgehead atoms. The molecule has 1 aliphatic carbocycles. The topological polar surface area (TPSA) is 0 Å². The van der Waals surface area contributed by atoms with Gasteiger partial charge in [0.15, 0.2) is 0 Å². The van der Waals surface area contributed by atoms with Crippen molar-refractivity contribution < 1.29 is 17.6 Å². The Hall–Kier alpha value is -0.720. The molecule has 0 aliphatic heterocycles. The van der Waals surface area contributed by atoms with E-state index in [-0.39, 0.29) is 0 Å². The van der Waals surface area contributed by atoms with Crippen LogP contribution in [0.3, 0.4) is 0 Å². The van der Waals surface area contributed by atoms with Crippen LogP contribution in [0.15, 0.2) is 0 Å². The van der Waals surface area contributed by atoms with Gasteiger partial charge in [-0.3, -0.25) is 0 Å². The summed E-state index contributed by atoms with van der Waals surface area (Å²) in [6.07, 6.45) is 0. The second-order valence-corrected chi connectivity index (χ2v) is 1.40. The number of rotatable bonds is 0. The van der Waals surface area contributed by atoms with Crippen molar-refractivity contribution in [3.8, 4) is 11.8 Å². The van der Waals surface area contributed by atoms with E-state index in [0.29, 0.717) is 0 Å². The Kier molecular flexibility index (Phi) is 0.672. The van der Waals surface area contributed by atoms with E-state index >= 15 is 0 Å². The SMILES string of the molecule is FC1(F)C#CC1(F)F. The predicted octanol–water partition coefficient (Wildman–Crippen LogP) is 1.27. The molecule has 0 radical (unpaired) electrons. The van der Waals surface area contributed by atoms with Gasteiger partial charge in [-0.05, 0) is 11.8 Å². The third-order valence-electron chi connectivity index (χ3n) is 0.771. The molecule has 0 unspecified atom stereocenters. The average Bonchev–Trinajstić information content (AvgIpc) is 1.64. The minimum absolute atomic E-state index is 1.04. The molecule has 0 aromatic carbocycles. The molecule has 0 aromatic rings. The lowest BCUT2D eigenvalue weighted by atomic mass is 10.1. The van der Waals surface area contributed by atoms with E-state index in [0.717, 1.165) is 11.8 Å². The van der Waals surface area contributed by atoms with Crippen molar-refractivity contribution in [2.75, 3.05) is 0 Å². The minimum atomic E-state index is -4.08. The van der Waals surface area contributed by atoms with Gasteiger partial charge < -0.3 is 0 Å². The maximum Gasteiger partial charge on any atom is 0.382 e. The highest BCUT2D eigenvalue weighted by Gasteiger charge is 2.60. The Morgan fingerprint density at radius 3 is 1.00 bits per heavy atom. The molecule has 1 rings (SSSR count). The van der Waals surface area contributed by atoms with Gasteiger partial charge in [-0.2, -0.15) is 17.6 Å². The quantitative estimate of drug-likeness (QED) is 0.337. The summed E-state index contributed by atoms with van der Waals surface area (Å²) in [5.41, 5.74) is 0. The van der Waals surface area contributed by atoms with Gasteiger partial charge in [0, 0.05) is 0 Å². The average molecular weight is 124 g/mol. The second kappa shape index (κ2) is 0.993. The summed E-state index contributed by atoms with van der Waals surface area (Å²) >= 11 is 0.